The molecule has 1 fully saturated rings. The highest BCUT2D eigenvalue weighted by molar-refractivity contribution is 7.52. The number of aromatic nitrogens is 3. The van der Waals surface area contributed by atoms with Crippen molar-refractivity contribution in [1.82, 2.24) is 19.6 Å². The molecular weight excluding hydrogens is 618 g/mol. The highest BCUT2D eigenvalue weighted by Crippen LogP contribution is 2.51. The van der Waals surface area contributed by atoms with E-state index in [2.05, 4.69) is 15.1 Å². The van der Waals surface area contributed by atoms with Crippen molar-refractivity contribution in [2.45, 2.75) is 90.1 Å². The summed E-state index contributed by atoms with van der Waals surface area (Å²) in [7, 11) is -4.43. The summed E-state index contributed by atoms with van der Waals surface area (Å²) >= 11 is 0. The molecule has 7 atom stereocenters. The number of fused-ring (bicyclic) bond motifs is 2. The molecular formula is C32H40FN4O8P. The van der Waals surface area contributed by atoms with E-state index in [0.29, 0.717) is 17.5 Å². The number of unbranched alkanes of at least 4 members (excludes halogenated alkanes) is 1. The topological polar surface area (TPSA) is 154 Å². The number of hydrogen-bond donors (Lipinski definition) is 3. The van der Waals surface area contributed by atoms with Crippen molar-refractivity contribution in [2.24, 2.45) is 0 Å². The van der Waals surface area contributed by atoms with E-state index in [1.54, 1.807) is 32.0 Å². The molecule has 1 unspecified atom stereocenters. The standard InChI is InChI=1S/C32H40FN4O8P/c1-6-8-16-42-30(39)20(4)36-46(41,45-25-15-11-13-21-12-9-10-14-22(21)25)44-24(7-2)27-28(38)32(5,40)31(43-27)37-17-23(33)26-19(3)34-18-35-29(26)37/h9-15,17-18,20,24,27-28,31,38,40H,6-8,16H2,1-5H3,(H,36,41)/t20-,24+,27+,28+,31+,32+,46?/m0/s1. The predicted molar refractivity (Wildman–Crippen MR) is 169 cm³/mol. The minimum Gasteiger partial charge on any atom is -0.465 e. The maximum absolute atomic E-state index is 15.0. The van der Waals surface area contributed by atoms with Crippen LogP contribution in [-0.2, 0) is 23.4 Å². The van der Waals surface area contributed by atoms with Gasteiger partial charge in [-0.3, -0.25) is 13.9 Å². The van der Waals surface area contributed by atoms with Crippen molar-refractivity contribution in [3.63, 3.8) is 0 Å². The number of hydrogen-bond acceptors (Lipinski definition) is 10. The number of ether oxygens (including phenoxy) is 2. The minimum absolute atomic E-state index is 0.145. The molecule has 0 bridgehead atoms. The Morgan fingerprint density at radius 1 is 1.22 bits per heavy atom. The molecule has 14 heteroatoms. The molecule has 5 rings (SSSR count). The lowest BCUT2D eigenvalue weighted by Gasteiger charge is -2.31. The molecule has 1 aliphatic rings. The second-order valence-corrected chi connectivity index (χ2v) is 13.3. The Hall–Kier alpha value is -3.45. The second-order valence-electron chi connectivity index (χ2n) is 11.7. The molecule has 0 radical (unpaired) electrons. The fourth-order valence-electron chi connectivity index (χ4n) is 5.60. The molecule has 0 saturated carbocycles. The van der Waals surface area contributed by atoms with E-state index in [4.69, 9.17) is 18.5 Å². The first kappa shape index (κ1) is 33.9. The molecule has 248 valence electrons. The molecule has 46 heavy (non-hydrogen) atoms. The van der Waals surface area contributed by atoms with Gasteiger partial charge in [0.2, 0.25) is 0 Å². The van der Waals surface area contributed by atoms with Crippen LogP contribution in [0.25, 0.3) is 21.8 Å². The van der Waals surface area contributed by atoms with Crippen LogP contribution in [-0.4, -0.2) is 67.3 Å². The maximum Gasteiger partial charge on any atom is 0.459 e. The maximum atomic E-state index is 15.0. The minimum atomic E-state index is -4.43. The molecule has 2 aromatic carbocycles. The average Bonchev–Trinajstić information content (AvgIpc) is 3.48. The van der Waals surface area contributed by atoms with E-state index in [1.165, 1.54) is 24.7 Å². The molecule has 0 amide bonds. The summed E-state index contributed by atoms with van der Waals surface area (Å²) in [5.74, 6) is -1.03. The van der Waals surface area contributed by atoms with Crippen LogP contribution in [0.3, 0.4) is 0 Å². The second kappa shape index (κ2) is 13.7. The van der Waals surface area contributed by atoms with Gasteiger partial charge in [0.15, 0.2) is 12.0 Å². The Bertz CT molecular complexity index is 1740. The number of nitrogens with zero attached hydrogens (tertiary/aromatic N) is 3. The van der Waals surface area contributed by atoms with Crippen LogP contribution >= 0.6 is 7.75 Å². The highest BCUT2D eigenvalue weighted by atomic mass is 31.2. The Morgan fingerprint density at radius 3 is 2.70 bits per heavy atom. The lowest BCUT2D eigenvalue weighted by molar-refractivity contribution is -0.145. The smallest absolute Gasteiger partial charge is 0.459 e. The molecule has 12 nitrogen and oxygen atoms in total. The first-order valence-corrected chi connectivity index (χ1v) is 16.9. The normalized spacial score (nSPS) is 24.1. The molecule has 2 aromatic heterocycles. The van der Waals surface area contributed by atoms with Crippen LogP contribution in [0.4, 0.5) is 4.39 Å². The van der Waals surface area contributed by atoms with Gasteiger partial charge in [0.25, 0.3) is 0 Å². The summed E-state index contributed by atoms with van der Waals surface area (Å²) in [5, 5.41) is 27.2. The Kier molecular flexibility index (Phi) is 10.1. The molecule has 1 saturated heterocycles. The van der Waals surface area contributed by atoms with Crippen LogP contribution in [0.15, 0.2) is 55.0 Å². The molecule has 3 heterocycles. The molecule has 0 spiro atoms. The number of benzene rings is 2. The number of aliphatic hydroxyl groups is 2. The summed E-state index contributed by atoms with van der Waals surface area (Å²) in [4.78, 5) is 21.0. The number of halogens is 1. The monoisotopic (exact) mass is 658 g/mol. The largest absolute Gasteiger partial charge is 0.465 e. The summed E-state index contributed by atoms with van der Waals surface area (Å²) < 4.78 is 54.6. The van der Waals surface area contributed by atoms with Gasteiger partial charge in [0.05, 0.1) is 23.8 Å². The first-order chi connectivity index (χ1) is 21.9. The van der Waals surface area contributed by atoms with Crippen molar-refractivity contribution in [3.8, 4) is 5.75 Å². The fraction of sp³-hybridized carbons (Fsp3) is 0.469. The van der Waals surface area contributed by atoms with E-state index < -0.39 is 55.7 Å². The Labute approximate surface area is 266 Å². The number of aliphatic hydroxyl groups excluding tert-OH is 1. The average molecular weight is 659 g/mol. The van der Waals surface area contributed by atoms with Gasteiger partial charge in [-0.1, -0.05) is 56.7 Å². The van der Waals surface area contributed by atoms with Crippen LogP contribution in [0.2, 0.25) is 0 Å². The van der Waals surface area contributed by atoms with Crippen molar-refractivity contribution in [2.75, 3.05) is 6.61 Å². The van der Waals surface area contributed by atoms with Gasteiger partial charge < -0.3 is 24.2 Å². The third-order valence-corrected chi connectivity index (χ3v) is 9.85. The van der Waals surface area contributed by atoms with E-state index in [0.717, 1.165) is 18.0 Å². The number of esters is 1. The highest BCUT2D eigenvalue weighted by Gasteiger charge is 2.57. The summed E-state index contributed by atoms with van der Waals surface area (Å²) in [6.45, 7) is 8.35. The van der Waals surface area contributed by atoms with Gasteiger partial charge >= 0.3 is 13.7 Å². The van der Waals surface area contributed by atoms with Gasteiger partial charge in [-0.15, -0.1) is 0 Å². The van der Waals surface area contributed by atoms with Crippen LogP contribution in [0.1, 0.15) is 58.9 Å². The van der Waals surface area contributed by atoms with Gasteiger partial charge in [-0.2, -0.15) is 5.09 Å². The Morgan fingerprint density at radius 2 is 1.96 bits per heavy atom. The van der Waals surface area contributed by atoms with Crippen LogP contribution in [0.5, 0.6) is 5.75 Å². The zero-order valence-electron chi connectivity index (χ0n) is 26.4. The van der Waals surface area contributed by atoms with Gasteiger partial charge in [-0.25, -0.2) is 18.9 Å². The van der Waals surface area contributed by atoms with E-state index >= 15 is 0 Å². The lowest BCUT2D eigenvalue weighted by atomic mass is 9.93. The number of carbonyl (C=O) groups excluding carboxylic acids is 1. The van der Waals surface area contributed by atoms with E-state index in [-0.39, 0.29) is 29.8 Å². The molecule has 4 aromatic rings. The quantitative estimate of drug-likeness (QED) is 0.0968. The zero-order chi connectivity index (χ0) is 33.2. The van der Waals surface area contributed by atoms with Crippen molar-refractivity contribution in [1.29, 1.82) is 0 Å². The third kappa shape index (κ3) is 6.67. The summed E-state index contributed by atoms with van der Waals surface area (Å²) in [6.07, 6.45) is -1.23. The van der Waals surface area contributed by atoms with Gasteiger partial charge in [0.1, 0.15) is 41.6 Å². The number of rotatable bonds is 13. The fourth-order valence-corrected chi connectivity index (χ4v) is 7.38. The predicted octanol–water partition coefficient (Wildman–Crippen LogP) is 5.35. The molecule has 0 aliphatic carbocycles. The van der Waals surface area contributed by atoms with Crippen molar-refractivity contribution in [3.05, 3.63) is 66.5 Å². The van der Waals surface area contributed by atoms with E-state index in [9.17, 15) is 24.0 Å². The van der Waals surface area contributed by atoms with E-state index in [1.807, 2.05) is 31.2 Å². The Balaban J connectivity index is 1.47. The van der Waals surface area contributed by atoms with Gasteiger partial charge in [0, 0.05) is 11.6 Å². The first-order valence-electron chi connectivity index (χ1n) is 15.3. The van der Waals surface area contributed by atoms with Crippen molar-refractivity contribution >= 4 is 35.5 Å². The van der Waals surface area contributed by atoms with Crippen molar-refractivity contribution < 1.29 is 42.5 Å². The lowest BCUT2D eigenvalue weighted by Crippen LogP contribution is -2.47. The zero-order valence-corrected chi connectivity index (χ0v) is 27.3. The number of carbonyl (C=O) groups is 1. The third-order valence-electron chi connectivity index (χ3n) is 8.16. The molecule has 3 N–H and O–H groups in total. The van der Waals surface area contributed by atoms with Gasteiger partial charge in [-0.05, 0) is 45.1 Å². The number of nitrogens with one attached hydrogen (secondary N) is 1. The SMILES string of the molecule is CCCCOC(=O)[C@H](C)NP(=O)(Oc1cccc2ccccc12)O[C@H](CC)[C@H]1O[C@@H](n2cc(F)c3c(C)ncnc32)[C@](C)(O)[C@@H]1O. The van der Waals surface area contributed by atoms with Crippen LogP contribution in [0, 0.1) is 12.7 Å². The van der Waals surface area contributed by atoms with Crippen LogP contribution < -0.4 is 9.61 Å². The summed E-state index contributed by atoms with van der Waals surface area (Å²) in [5.41, 5.74) is -1.40. The molecule has 1 aliphatic heterocycles. The number of aryl methyl sites for hydroxylation is 1. The summed E-state index contributed by atoms with van der Waals surface area (Å²) in [6, 6.07) is 11.5.